The van der Waals surface area contributed by atoms with Gasteiger partial charge in [0.2, 0.25) is 0 Å². The van der Waals surface area contributed by atoms with Gasteiger partial charge in [-0.3, -0.25) is 15.0 Å². The molecule has 0 aliphatic carbocycles. The van der Waals surface area contributed by atoms with E-state index in [-0.39, 0.29) is 40.4 Å². The molecular weight excluding hydrogens is 396 g/mol. The van der Waals surface area contributed by atoms with E-state index in [1.54, 1.807) is 13.0 Å². The van der Waals surface area contributed by atoms with Gasteiger partial charge in [-0.2, -0.15) is 0 Å². The van der Waals surface area contributed by atoms with Gasteiger partial charge in [-0.1, -0.05) is 18.2 Å². The summed E-state index contributed by atoms with van der Waals surface area (Å²) >= 11 is 0. The molecule has 0 bridgehead atoms. The van der Waals surface area contributed by atoms with Gasteiger partial charge in [0.15, 0.2) is 0 Å². The minimum absolute atomic E-state index is 0.0601. The molecule has 1 amide bonds. The summed E-state index contributed by atoms with van der Waals surface area (Å²) in [5.41, 5.74) is -0.153. The van der Waals surface area contributed by atoms with E-state index < -0.39 is 28.9 Å². The van der Waals surface area contributed by atoms with Gasteiger partial charge in [-0.25, -0.2) is 14.4 Å². The Morgan fingerprint density at radius 3 is 1.97 bits per heavy atom. The number of carbonyl (C=O) groups is 3. The summed E-state index contributed by atoms with van der Waals surface area (Å²) in [6, 6.07) is 5.73. The van der Waals surface area contributed by atoms with Gasteiger partial charge in [0.1, 0.15) is 0 Å². The van der Waals surface area contributed by atoms with Crippen LogP contribution in [0.15, 0.2) is 46.8 Å². The molecule has 0 radical (unpaired) electrons. The number of ether oxygens (including phenoxy) is 3. The maximum Gasteiger partial charge on any atom is 0.418 e. The molecule has 0 unspecified atom stereocenters. The van der Waals surface area contributed by atoms with Crippen LogP contribution in [-0.4, -0.2) is 48.7 Å². The first-order valence-corrected chi connectivity index (χ1v) is 8.99. The lowest BCUT2D eigenvalue weighted by Gasteiger charge is -2.35. The number of nitro benzene ring substituents is 1. The number of nitrogens with zero attached hydrogens (tertiary/aromatic N) is 2. The number of amides is 1. The fraction of sp³-hybridized carbons (Fsp3) is 0.350. The van der Waals surface area contributed by atoms with Gasteiger partial charge in [0, 0.05) is 23.0 Å². The lowest BCUT2D eigenvalue weighted by molar-refractivity contribution is -0.385. The average molecular weight is 418 g/mol. The number of carbonyl (C=O) groups excluding carboxylic acids is 3. The van der Waals surface area contributed by atoms with Crippen molar-refractivity contribution in [3.8, 4) is 0 Å². The molecular formula is C20H22N2O8. The summed E-state index contributed by atoms with van der Waals surface area (Å²) < 4.78 is 14.8. The predicted molar refractivity (Wildman–Crippen MR) is 104 cm³/mol. The van der Waals surface area contributed by atoms with Crippen LogP contribution in [0.2, 0.25) is 0 Å². The van der Waals surface area contributed by atoms with E-state index in [0.717, 1.165) is 19.1 Å². The number of methoxy groups -OCH3 is 2. The molecule has 10 heteroatoms. The van der Waals surface area contributed by atoms with Crippen molar-refractivity contribution < 1.29 is 33.5 Å². The van der Waals surface area contributed by atoms with E-state index in [0.29, 0.717) is 0 Å². The Balaban J connectivity index is 2.92. The van der Waals surface area contributed by atoms with Gasteiger partial charge < -0.3 is 14.2 Å². The lowest BCUT2D eigenvalue weighted by atomic mass is 9.79. The molecule has 1 heterocycles. The maximum absolute atomic E-state index is 12.7. The quantitative estimate of drug-likeness (QED) is 0.309. The van der Waals surface area contributed by atoms with Gasteiger partial charge in [-0.15, -0.1) is 0 Å². The maximum atomic E-state index is 12.7. The van der Waals surface area contributed by atoms with E-state index >= 15 is 0 Å². The van der Waals surface area contributed by atoms with Gasteiger partial charge in [-0.05, 0) is 20.8 Å². The zero-order valence-corrected chi connectivity index (χ0v) is 17.3. The monoisotopic (exact) mass is 418 g/mol. The first-order chi connectivity index (χ1) is 14.2. The molecule has 0 atom stereocenters. The fourth-order valence-corrected chi connectivity index (χ4v) is 3.48. The van der Waals surface area contributed by atoms with Crippen molar-refractivity contribution in [3.05, 3.63) is 62.5 Å². The van der Waals surface area contributed by atoms with Crippen LogP contribution in [0.4, 0.5) is 10.5 Å². The van der Waals surface area contributed by atoms with Crippen molar-refractivity contribution in [2.75, 3.05) is 20.8 Å². The van der Waals surface area contributed by atoms with Crippen LogP contribution in [0, 0.1) is 10.1 Å². The van der Waals surface area contributed by atoms with E-state index in [9.17, 15) is 24.5 Å². The zero-order chi connectivity index (χ0) is 22.6. The van der Waals surface area contributed by atoms with Crippen LogP contribution in [0.25, 0.3) is 0 Å². The van der Waals surface area contributed by atoms with Crippen LogP contribution in [0.5, 0.6) is 0 Å². The Morgan fingerprint density at radius 1 is 1.03 bits per heavy atom. The molecule has 2 rings (SSSR count). The Bertz CT molecular complexity index is 923. The van der Waals surface area contributed by atoms with Crippen LogP contribution in [0.3, 0.4) is 0 Å². The molecule has 1 aromatic carbocycles. The highest BCUT2D eigenvalue weighted by molar-refractivity contribution is 6.01. The number of rotatable bonds is 5. The largest absolute Gasteiger partial charge is 0.466 e. The molecule has 1 aliphatic rings. The Hall–Kier alpha value is -3.69. The van der Waals surface area contributed by atoms with E-state index in [1.807, 2.05) is 0 Å². The third kappa shape index (κ3) is 3.88. The second-order valence-corrected chi connectivity index (χ2v) is 6.26. The topological polar surface area (TPSA) is 125 Å². The smallest absolute Gasteiger partial charge is 0.418 e. The zero-order valence-electron chi connectivity index (χ0n) is 17.3. The van der Waals surface area contributed by atoms with Crippen LogP contribution in [0.1, 0.15) is 32.3 Å². The standard InChI is InChI=1S/C20H22N2O8/c1-6-30-20(25)21-11(2)15(18(23)28-4)17(16(12(21)3)19(24)29-5)13-9-7-8-10-14(13)22(26)27/h7-10,17H,6H2,1-5H3. The molecule has 30 heavy (non-hydrogen) atoms. The van der Waals surface area contributed by atoms with Crippen molar-refractivity contribution >= 4 is 23.7 Å². The molecule has 0 fully saturated rings. The molecule has 1 aliphatic heterocycles. The number of hydrogen-bond donors (Lipinski definition) is 0. The third-order valence-corrected chi connectivity index (χ3v) is 4.73. The normalized spacial score (nSPS) is 14.5. The molecule has 160 valence electrons. The first kappa shape index (κ1) is 22.6. The predicted octanol–water partition coefficient (Wildman–Crippen LogP) is 3.04. The summed E-state index contributed by atoms with van der Waals surface area (Å²) in [7, 11) is 2.27. The van der Waals surface area contributed by atoms with Crippen LogP contribution in [-0.2, 0) is 23.8 Å². The molecule has 0 aromatic heterocycles. The van der Waals surface area contributed by atoms with Crippen LogP contribution < -0.4 is 0 Å². The second-order valence-electron chi connectivity index (χ2n) is 6.26. The van der Waals surface area contributed by atoms with Crippen molar-refractivity contribution in [3.63, 3.8) is 0 Å². The van der Waals surface area contributed by atoms with Gasteiger partial charge >= 0.3 is 18.0 Å². The number of nitro groups is 1. The summed E-state index contributed by atoms with van der Waals surface area (Å²) in [6.07, 6.45) is -0.809. The van der Waals surface area contributed by atoms with E-state index in [1.165, 1.54) is 32.0 Å². The van der Waals surface area contributed by atoms with Gasteiger partial charge in [0.05, 0.1) is 42.8 Å². The number of allylic oxidation sites excluding steroid dienone is 2. The summed E-state index contributed by atoms with van der Waals surface area (Å²) in [5.74, 6) is -2.88. The minimum Gasteiger partial charge on any atom is -0.466 e. The number of benzene rings is 1. The highest BCUT2D eigenvalue weighted by atomic mass is 16.6. The van der Waals surface area contributed by atoms with Crippen molar-refractivity contribution in [2.45, 2.75) is 26.7 Å². The van der Waals surface area contributed by atoms with Crippen molar-refractivity contribution in [1.82, 2.24) is 4.90 Å². The second kappa shape index (κ2) is 9.21. The summed E-state index contributed by atoms with van der Waals surface area (Å²) in [4.78, 5) is 50.1. The summed E-state index contributed by atoms with van der Waals surface area (Å²) in [5, 5.41) is 11.6. The highest BCUT2D eigenvalue weighted by Gasteiger charge is 2.44. The van der Waals surface area contributed by atoms with Crippen molar-refractivity contribution in [1.29, 1.82) is 0 Å². The Kier molecular flexibility index (Phi) is 6.93. The minimum atomic E-state index is -1.18. The van der Waals surface area contributed by atoms with Gasteiger partial charge in [0.25, 0.3) is 5.69 Å². The molecule has 1 aromatic rings. The molecule has 10 nitrogen and oxygen atoms in total. The lowest BCUT2D eigenvalue weighted by Crippen LogP contribution is -2.38. The Labute approximate surface area is 172 Å². The number of esters is 2. The van der Waals surface area contributed by atoms with Crippen LogP contribution >= 0.6 is 0 Å². The Morgan fingerprint density at radius 2 is 1.53 bits per heavy atom. The SMILES string of the molecule is CCOC(=O)N1C(C)=C(C(=O)OC)C(c2ccccc2[N+](=O)[O-])C(C(=O)OC)=C1C. The molecule has 0 spiro atoms. The van der Waals surface area contributed by atoms with Crippen molar-refractivity contribution in [2.24, 2.45) is 0 Å². The highest BCUT2D eigenvalue weighted by Crippen LogP contribution is 2.45. The molecule has 0 N–H and O–H groups in total. The third-order valence-electron chi connectivity index (χ3n) is 4.73. The molecule has 0 saturated heterocycles. The molecule has 0 saturated carbocycles. The first-order valence-electron chi connectivity index (χ1n) is 8.99. The van der Waals surface area contributed by atoms with E-state index in [2.05, 4.69) is 0 Å². The summed E-state index contributed by atoms with van der Waals surface area (Å²) in [6.45, 7) is 4.62. The number of para-hydroxylation sites is 1. The number of hydrogen-bond acceptors (Lipinski definition) is 8. The fourth-order valence-electron chi connectivity index (χ4n) is 3.48. The van der Waals surface area contributed by atoms with E-state index in [4.69, 9.17) is 14.2 Å². The average Bonchev–Trinajstić information content (AvgIpc) is 2.72.